The molecule has 0 aliphatic carbocycles. The van der Waals surface area contributed by atoms with Gasteiger partial charge in [-0.15, -0.1) is 0 Å². The molecule has 3 nitrogen and oxygen atoms in total. The van der Waals surface area contributed by atoms with Gasteiger partial charge >= 0.3 is 0 Å². The van der Waals surface area contributed by atoms with Gasteiger partial charge in [0, 0.05) is 11.8 Å². The fraction of sp³-hybridized carbons (Fsp3) is 0.417. The molecule has 1 aliphatic rings. The maximum absolute atomic E-state index is 9.57. The molecule has 0 fully saturated rings. The highest BCUT2D eigenvalue weighted by atomic mass is 16.7. The zero-order valence-corrected chi connectivity index (χ0v) is 8.97. The van der Waals surface area contributed by atoms with Crippen LogP contribution in [0.25, 0.3) is 0 Å². The predicted molar refractivity (Wildman–Crippen MR) is 58.5 cm³/mol. The minimum atomic E-state index is -0.815. The zero-order chi connectivity index (χ0) is 10.9. The van der Waals surface area contributed by atoms with Crippen LogP contribution in [0.3, 0.4) is 0 Å². The van der Waals surface area contributed by atoms with Crippen LogP contribution in [0.4, 0.5) is 0 Å². The van der Waals surface area contributed by atoms with Gasteiger partial charge in [0.05, 0.1) is 5.71 Å². The highest BCUT2D eigenvalue weighted by Gasteiger charge is 2.35. The number of aliphatic hydroxyl groups excluding tert-OH is 1. The molecule has 0 aromatic heterocycles. The van der Waals surface area contributed by atoms with E-state index in [9.17, 15) is 5.11 Å². The minimum Gasteiger partial charge on any atom is -0.363 e. The third kappa shape index (κ3) is 2.02. The summed E-state index contributed by atoms with van der Waals surface area (Å²) < 4.78 is 0. The lowest BCUT2D eigenvalue weighted by atomic mass is 9.84. The second-order valence-corrected chi connectivity index (χ2v) is 4.53. The monoisotopic (exact) mass is 205 g/mol. The van der Waals surface area contributed by atoms with Crippen LogP contribution in [0.2, 0.25) is 0 Å². The van der Waals surface area contributed by atoms with E-state index >= 15 is 0 Å². The van der Waals surface area contributed by atoms with Gasteiger partial charge in [0.25, 0.3) is 0 Å². The van der Waals surface area contributed by atoms with E-state index in [1.54, 1.807) is 0 Å². The molecule has 0 bridgehead atoms. The summed E-state index contributed by atoms with van der Waals surface area (Å²) >= 11 is 0. The number of nitrogens with zero attached hydrogens (tertiary/aromatic N) is 1. The molecule has 15 heavy (non-hydrogen) atoms. The van der Waals surface area contributed by atoms with Gasteiger partial charge in [0.15, 0.2) is 0 Å². The van der Waals surface area contributed by atoms with Gasteiger partial charge < -0.3 is 9.94 Å². The van der Waals surface area contributed by atoms with E-state index in [-0.39, 0.29) is 5.41 Å². The Morgan fingerprint density at radius 1 is 1.33 bits per heavy atom. The van der Waals surface area contributed by atoms with E-state index in [0.29, 0.717) is 0 Å². The number of rotatable bonds is 1. The van der Waals surface area contributed by atoms with Crippen molar-refractivity contribution >= 4 is 5.71 Å². The lowest BCUT2D eigenvalue weighted by Gasteiger charge is -2.32. The maximum Gasteiger partial charge on any atom is 0.229 e. The molecule has 1 heterocycles. The van der Waals surface area contributed by atoms with E-state index in [1.807, 2.05) is 44.2 Å². The standard InChI is InChI=1S/C12H15NO2/c1-12(2)8-10(13-15-11(12)14)9-6-4-3-5-7-9/h3-7,11,14H,8H2,1-2H3/t11-/m1/s1. The number of oxime groups is 1. The van der Waals surface area contributed by atoms with Crippen molar-refractivity contribution in [3.05, 3.63) is 35.9 Å². The molecule has 0 saturated heterocycles. The molecule has 0 saturated carbocycles. The van der Waals surface area contributed by atoms with Crippen molar-refractivity contribution in [2.75, 3.05) is 0 Å². The summed E-state index contributed by atoms with van der Waals surface area (Å²) in [5.41, 5.74) is 1.66. The summed E-state index contributed by atoms with van der Waals surface area (Å²) in [4.78, 5) is 5.00. The first-order valence-corrected chi connectivity index (χ1v) is 5.06. The Hall–Kier alpha value is -1.35. The molecule has 1 aliphatic heterocycles. The molecular formula is C12H15NO2. The Morgan fingerprint density at radius 3 is 2.60 bits per heavy atom. The number of benzene rings is 1. The highest BCUT2D eigenvalue weighted by Crippen LogP contribution is 2.32. The van der Waals surface area contributed by atoms with E-state index in [0.717, 1.165) is 17.7 Å². The number of hydrogen-bond acceptors (Lipinski definition) is 3. The van der Waals surface area contributed by atoms with E-state index in [4.69, 9.17) is 4.84 Å². The Kier molecular flexibility index (Phi) is 2.49. The molecule has 0 spiro atoms. The summed E-state index contributed by atoms with van der Waals surface area (Å²) in [6, 6.07) is 9.89. The quantitative estimate of drug-likeness (QED) is 0.763. The lowest BCUT2D eigenvalue weighted by molar-refractivity contribution is -0.171. The highest BCUT2D eigenvalue weighted by molar-refractivity contribution is 6.00. The van der Waals surface area contributed by atoms with Crippen molar-refractivity contribution in [1.29, 1.82) is 0 Å². The average Bonchev–Trinajstić information content (AvgIpc) is 2.23. The smallest absolute Gasteiger partial charge is 0.229 e. The SMILES string of the molecule is CC1(C)CC(c2ccccc2)=NO[C@H]1O. The Morgan fingerprint density at radius 2 is 2.00 bits per heavy atom. The predicted octanol–water partition coefficient (Wildman–Crippen LogP) is 2.16. The second-order valence-electron chi connectivity index (χ2n) is 4.53. The molecule has 0 amide bonds. The van der Waals surface area contributed by atoms with Crippen LogP contribution in [-0.4, -0.2) is 17.1 Å². The first kappa shape index (κ1) is 10.2. The third-order valence-corrected chi connectivity index (χ3v) is 2.66. The Balaban J connectivity index is 2.26. The molecule has 0 radical (unpaired) electrons. The van der Waals surface area contributed by atoms with Crippen molar-refractivity contribution in [1.82, 2.24) is 0 Å². The van der Waals surface area contributed by atoms with Gasteiger partial charge in [-0.25, -0.2) is 0 Å². The minimum absolute atomic E-state index is 0.285. The molecule has 0 unspecified atom stereocenters. The lowest BCUT2D eigenvalue weighted by Crippen LogP contribution is -2.36. The largest absolute Gasteiger partial charge is 0.363 e. The van der Waals surface area contributed by atoms with Gasteiger partial charge in [-0.05, 0) is 5.56 Å². The fourth-order valence-corrected chi connectivity index (χ4v) is 1.59. The maximum atomic E-state index is 9.57. The number of aliphatic hydroxyl groups is 1. The van der Waals surface area contributed by atoms with Crippen LogP contribution in [0.15, 0.2) is 35.5 Å². The zero-order valence-electron chi connectivity index (χ0n) is 8.97. The van der Waals surface area contributed by atoms with Crippen molar-refractivity contribution in [2.45, 2.75) is 26.6 Å². The van der Waals surface area contributed by atoms with Crippen LogP contribution in [-0.2, 0) is 4.84 Å². The molecule has 1 N–H and O–H groups in total. The molecule has 80 valence electrons. The summed E-state index contributed by atoms with van der Waals surface area (Å²) in [7, 11) is 0. The molecule has 1 atom stereocenters. The first-order valence-electron chi connectivity index (χ1n) is 5.06. The van der Waals surface area contributed by atoms with Crippen LogP contribution >= 0.6 is 0 Å². The molecule has 1 aromatic rings. The topological polar surface area (TPSA) is 41.8 Å². The van der Waals surface area contributed by atoms with Gasteiger partial charge in [0.2, 0.25) is 6.29 Å². The van der Waals surface area contributed by atoms with Gasteiger partial charge in [-0.3, -0.25) is 0 Å². The molecular weight excluding hydrogens is 190 g/mol. The third-order valence-electron chi connectivity index (χ3n) is 2.66. The van der Waals surface area contributed by atoms with Gasteiger partial charge in [0.1, 0.15) is 0 Å². The first-order chi connectivity index (χ1) is 7.09. The van der Waals surface area contributed by atoms with E-state index < -0.39 is 6.29 Å². The fourth-order valence-electron chi connectivity index (χ4n) is 1.59. The Labute approximate surface area is 89.4 Å². The van der Waals surface area contributed by atoms with Crippen molar-refractivity contribution in [3.8, 4) is 0 Å². The molecule has 1 aromatic carbocycles. The normalized spacial score (nSPS) is 24.2. The summed E-state index contributed by atoms with van der Waals surface area (Å²) in [6.45, 7) is 3.94. The van der Waals surface area contributed by atoms with Crippen molar-refractivity contribution in [3.63, 3.8) is 0 Å². The van der Waals surface area contributed by atoms with E-state index in [2.05, 4.69) is 5.16 Å². The molecule has 2 rings (SSSR count). The molecule has 3 heteroatoms. The van der Waals surface area contributed by atoms with Gasteiger partial charge in [-0.2, -0.15) is 0 Å². The van der Waals surface area contributed by atoms with Gasteiger partial charge in [-0.1, -0.05) is 49.3 Å². The summed E-state index contributed by atoms with van der Waals surface area (Å²) in [6.07, 6.45) is -0.0944. The van der Waals surface area contributed by atoms with Crippen LogP contribution in [0.1, 0.15) is 25.8 Å². The summed E-state index contributed by atoms with van der Waals surface area (Å²) in [5, 5.41) is 13.5. The Bertz CT molecular complexity index is 370. The number of hydrogen-bond donors (Lipinski definition) is 1. The van der Waals surface area contributed by atoms with Crippen LogP contribution in [0, 0.1) is 5.41 Å². The van der Waals surface area contributed by atoms with Crippen LogP contribution < -0.4 is 0 Å². The summed E-state index contributed by atoms with van der Waals surface area (Å²) in [5.74, 6) is 0. The van der Waals surface area contributed by atoms with Crippen LogP contribution in [0.5, 0.6) is 0 Å². The van der Waals surface area contributed by atoms with E-state index in [1.165, 1.54) is 0 Å². The van der Waals surface area contributed by atoms with Crippen molar-refractivity contribution in [2.24, 2.45) is 10.6 Å². The average molecular weight is 205 g/mol. The second kappa shape index (κ2) is 3.66. The van der Waals surface area contributed by atoms with Crippen molar-refractivity contribution < 1.29 is 9.94 Å².